The minimum atomic E-state index is 0.00394. The van der Waals surface area contributed by atoms with Gasteiger partial charge in [0.2, 0.25) is 0 Å². The largest absolute Gasteiger partial charge is 0.357 e. The van der Waals surface area contributed by atoms with Crippen molar-refractivity contribution in [2.45, 2.75) is 75.5 Å². The van der Waals surface area contributed by atoms with E-state index in [0.717, 1.165) is 68.3 Å². The average Bonchev–Trinajstić information content (AvgIpc) is 3.56. The lowest BCUT2D eigenvalue weighted by atomic mass is 9.75. The van der Waals surface area contributed by atoms with E-state index in [1.54, 1.807) is 0 Å². The zero-order valence-corrected chi connectivity index (χ0v) is 21.8. The summed E-state index contributed by atoms with van der Waals surface area (Å²) in [5, 5.41) is 9.30. The number of benzene rings is 2. The van der Waals surface area contributed by atoms with E-state index in [2.05, 4.69) is 87.3 Å². The Morgan fingerprint density at radius 1 is 0.895 bits per heavy atom. The topological polar surface area (TPSA) is 81.4 Å². The van der Waals surface area contributed by atoms with Crippen LogP contribution in [-0.4, -0.2) is 31.5 Å². The van der Waals surface area contributed by atoms with Crippen molar-refractivity contribution in [3.05, 3.63) is 95.7 Å². The van der Waals surface area contributed by atoms with Crippen LogP contribution in [0.25, 0.3) is 21.9 Å². The molecule has 1 saturated carbocycles. The normalized spacial score (nSPS) is 23.6. The molecule has 7 rings (SSSR count). The third-order valence-electron chi connectivity index (χ3n) is 8.73. The number of aryl methyl sites for hydroxylation is 1. The highest BCUT2D eigenvalue weighted by Crippen LogP contribution is 2.37. The highest BCUT2D eigenvalue weighted by molar-refractivity contribution is 5.80. The number of hydrogen-bond donors (Lipinski definition) is 4. The highest BCUT2D eigenvalue weighted by Gasteiger charge is 2.39. The van der Waals surface area contributed by atoms with E-state index >= 15 is 0 Å². The first-order chi connectivity index (χ1) is 18.7. The van der Waals surface area contributed by atoms with Crippen LogP contribution < -0.4 is 10.6 Å². The smallest absolute Gasteiger partial charge is 0.109 e. The van der Waals surface area contributed by atoms with Crippen molar-refractivity contribution in [3.63, 3.8) is 0 Å². The Balaban J connectivity index is 1.09. The maximum atomic E-state index is 4.97. The van der Waals surface area contributed by atoms with Gasteiger partial charge in [-0.2, -0.15) is 0 Å². The molecule has 1 unspecified atom stereocenters. The predicted octanol–water partition coefficient (Wildman–Crippen LogP) is 6.12. The minimum Gasteiger partial charge on any atom is -0.357 e. The summed E-state index contributed by atoms with van der Waals surface area (Å²) in [4.78, 5) is 17.0. The summed E-state index contributed by atoms with van der Waals surface area (Å²) in [6.07, 6.45) is 10.9. The Labute approximate surface area is 223 Å². The summed E-state index contributed by atoms with van der Waals surface area (Å²) in [6.45, 7) is 0.878. The van der Waals surface area contributed by atoms with Gasteiger partial charge in [0.05, 0.1) is 22.8 Å². The van der Waals surface area contributed by atoms with Crippen molar-refractivity contribution in [1.82, 2.24) is 30.6 Å². The van der Waals surface area contributed by atoms with E-state index in [0.29, 0.717) is 12.1 Å². The first-order valence-corrected chi connectivity index (χ1v) is 14.2. The molecule has 0 amide bonds. The van der Waals surface area contributed by atoms with Crippen LogP contribution in [0.15, 0.2) is 72.9 Å². The van der Waals surface area contributed by atoms with Crippen LogP contribution in [0.3, 0.4) is 0 Å². The number of pyridine rings is 1. The van der Waals surface area contributed by atoms with Crippen LogP contribution in [0.2, 0.25) is 0 Å². The van der Waals surface area contributed by atoms with E-state index in [1.807, 2.05) is 6.20 Å². The lowest BCUT2D eigenvalue weighted by Crippen LogP contribution is -2.54. The Morgan fingerprint density at radius 2 is 1.74 bits per heavy atom. The summed E-state index contributed by atoms with van der Waals surface area (Å²) >= 11 is 0. The molecule has 0 radical (unpaired) electrons. The lowest BCUT2D eigenvalue weighted by Gasteiger charge is -2.44. The molecule has 4 N–H and O–H groups in total. The Hall–Kier alpha value is -3.48. The fraction of sp³-hybridized carbons (Fsp3) is 0.375. The number of hydrogen-bond acceptors (Lipinski definition) is 4. The number of imidazole rings is 1. The zero-order valence-electron chi connectivity index (χ0n) is 21.8. The number of para-hydroxylation sites is 3. The van der Waals surface area contributed by atoms with Crippen molar-refractivity contribution in [3.8, 4) is 0 Å². The Bertz CT molecular complexity index is 1470. The SMILES string of the molecule is c1cnc2c(c1)CCCC2NC1(Cc2nc3ccccc3[nH]2)CCC(NCc2cc3ccccc3[nH]2)CC1. The molecule has 6 nitrogen and oxygen atoms in total. The van der Waals surface area contributed by atoms with Gasteiger partial charge in [-0.1, -0.05) is 36.4 Å². The van der Waals surface area contributed by atoms with Gasteiger partial charge in [-0.15, -0.1) is 0 Å². The molecule has 2 aromatic carbocycles. The summed E-state index contributed by atoms with van der Waals surface area (Å²) in [6, 6.07) is 24.3. The summed E-state index contributed by atoms with van der Waals surface area (Å²) < 4.78 is 0. The average molecular weight is 505 g/mol. The van der Waals surface area contributed by atoms with Crippen molar-refractivity contribution in [2.75, 3.05) is 0 Å². The molecule has 0 bridgehead atoms. The zero-order chi connectivity index (χ0) is 25.4. The monoisotopic (exact) mass is 504 g/mol. The van der Waals surface area contributed by atoms with Crippen molar-refractivity contribution < 1.29 is 0 Å². The second-order valence-corrected chi connectivity index (χ2v) is 11.3. The van der Waals surface area contributed by atoms with E-state index in [1.165, 1.54) is 34.3 Å². The third-order valence-corrected chi connectivity index (χ3v) is 8.73. The molecule has 194 valence electrons. The van der Waals surface area contributed by atoms with E-state index in [-0.39, 0.29) is 5.54 Å². The molecule has 1 fully saturated rings. The van der Waals surface area contributed by atoms with Crippen molar-refractivity contribution in [1.29, 1.82) is 0 Å². The van der Waals surface area contributed by atoms with Gasteiger partial charge in [0.1, 0.15) is 5.82 Å². The quantitative estimate of drug-likeness (QED) is 0.215. The van der Waals surface area contributed by atoms with E-state index < -0.39 is 0 Å². The molecule has 3 aromatic heterocycles. The highest BCUT2D eigenvalue weighted by atomic mass is 15.1. The molecule has 6 heteroatoms. The predicted molar refractivity (Wildman–Crippen MR) is 153 cm³/mol. The second kappa shape index (κ2) is 10.0. The fourth-order valence-electron chi connectivity index (χ4n) is 6.76. The molecular formula is C32H36N6. The number of H-pyrrole nitrogens is 2. The van der Waals surface area contributed by atoms with Gasteiger partial charge in [0.25, 0.3) is 0 Å². The van der Waals surface area contributed by atoms with Crippen LogP contribution in [0, 0.1) is 0 Å². The van der Waals surface area contributed by atoms with Crippen LogP contribution >= 0.6 is 0 Å². The molecule has 0 aliphatic heterocycles. The third kappa shape index (κ3) is 4.74. The molecule has 0 spiro atoms. The van der Waals surface area contributed by atoms with Gasteiger partial charge in [-0.3, -0.25) is 4.98 Å². The molecule has 38 heavy (non-hydrogen) atoms. The van der Waals surface area contributed by atoms with Crippen LogP contribution in [0.1, 0.15) is 67.3 Å². The van der Waals surface area contributed by atoms with Gasteiger partial charge in [-0.05, 0) is 86.2 Å². The maximum absolute atomic E-state index is 4.97. The molecule has 1 atom stereocenters. The molecule has 5 aromatic rings. The Morgan fingerprint density at radius 3 is 2.61 bits per heavy atom. The molecule has 3 heterocycles. The van der Waals surface area contributed by atoms with Crippen LogP contribution in [0.5, 0.6) is 0 Å². The summed E-state index contributed by atoms with van der Waals surface area (Å²) in [5.41, 5.74) is 7.30. The van der Waals surface area contributed by atoms with Gasteiger partial charge in [0, 0.05) is 42.0 Å². The van der Waals surface area contributed by atoms with E-state index in [9.17, 15) is 0 Å². The van der Waals surface area contributed by atoms with Gasteiger partial charge in [0.15, 0.2) is 0 Å². The van der Waals surface area contributed by atoms with Crippen molar-refractivity contribution >= 4 is 21.9 Å². The fourth-order valence-corrected chi connectivity index (χ4v) is 6.76. The number of aromatic nitrogens is 4. The first kappa shape index (κ1) is 23.6. The Kier molecular flexibility index (Phi) is 6.22. The van der Waals surface area contributed by atoms with Crippen molar-refractivity contribution in [2.24, 2.45) is 0 Å². The molecular weight excluding hydrogens is 468 g/mol. The maximum Gasteiger partial charge on any atom is 0.109 e. The summed E-state index contributed by atoms with van der Waals surface area (Å²) in [5.74, 6) is 1.08. The number of nitrogens with zero attached hydrogens (tertiary/aromatic N) is 2. The first-order valence-electron chi connectivity index (χ1n) is 14.2. The number of aromatic amines is 2. The summed E-state index contributed by atoms with van der Waals surface area (Å²) in [7, 11) is 0. The molecule has 0 saturated heterocycles. The second-order valence-electron chi connectivity index (χ2n) is 11.3. The van der Waals surface area contributed by atoms with Gasteiger partial charge >= 0.3 is 0 Å². The minimum absolute atomic E-state index is 0.00394. The number of nitrogens with one attached hydrogen (secondary N) is 4. The van der Waals surface area contributed by atoms with Gasteiger partial charge in [-0.25, -0.2) is 4.98 Å². The molecule has 2 aliphatic rings. The van der Waals surface area contributed by atoms with Crippen LogP contribution in [-0.2, 0) is 19.4 Å². The lowest BCUT2D eigenvalue weighted by molar-refractivity contribution is 0.170. The van der Waals surface area contributed by atoms with Crippen LogP contribution in [0.4, 0.5) is 0 Å². The molecule has 2 aliphatic carbocycles. The standard InChI is InChI=1S/C32H36N6/c1-2-10-26-23(7-1)19-25(35-26)21-34-24-14-16-32(17-15-24,20-30-36-27-11-3-4-12-28(27)37-30)38-29-13-5-8-22-9-6-18-33-31(22)29/h1-4,6-7,9-12,18-19,24,29,34-35,38H,5,8,13-17,20-21H2,(H,36,37). The number of fused-ring (bicyclic) bond motifs is 3. The number of rotatable bonds is 7. The van der Waals surface area contributed by atoms with Gasteiger partial charge < -0.3 is 20.6 Å². The van der Waals surface area contributed by atoms with E-state index in [4.69, 9.17) is 9.97 Å².